The van der Waals surface area contributed by atoms with Crippen LogP contribution in [0.15, 0.2) is 60.8 Å². The smallest absolute Gasteiger partial charge is 0.282 e. The second-order valence-corrected chi connectivity index (χ2v) is 5.68. The molecule has 0 radical (unpaired) electrons. The van der Waals surface area contributed by atoms with Crippen LogP contribution >= 0.6 is 0 Å². The molecule has 2 heterocycles. The van der Waals surface area contributed by atoms with Gasteiger partial charge in [0.05, 0.1) is 11.3 Å². The van der Waals surface area contributed by atoms with Gasteiger partial charge < -0.3 is 10.7 Å². The highest BCUT2D eigenvalue weighted by Gasteiger charge is 2.21. The number of aromatic amines is 1. The minimum atomic E-state index is -0.241. The average Bonchev–Trinajstić information content (AvgIpc) is 3.16. The first kappa shape index (κ1) is 14.3. The van der Waals surface area contributed by atoms with Gasteiger partial charge in [-0.2, -0.15) is 9.78 Å². The third-order valence-corrected chi connectivity index (χ3v) is 4.17. The van der Waals surface area contributed by atoms with E-state index in [0.717, 1.165) is 27.7 Å². The molecule has 0 amide bonds. The molecule has 2 aromatic heterocycles. The van der Waals surface area contributed by atoms with Crippen molar-refractivity contribution in [1.29, 1.82) is 0 Å². The number of fused-ring (bicyclic) bond motifs is 1. The van der Waals surface area contributed by atoms with Crippen molar-refractivity contribution in [2.75, 3.05) is 5.73 Å². The summed E-state index contributed by atoms with van der Waals surface area (Å²) in [6.45, 7) is 1.86. The minimum Gasteiger partial charge on any atom is -0.383 e. The third-order valence-electron chi connectivity index (χ3n) is 4.17. The van der Waals surface area contributed by atoms with Crippen molar-refractivity contribution in [3.8, 4) is 11.1 Å². The summed E-state index contributed by atoms with van der Waals surface area (Å²) in [5.41, 5.74) is 10.2. The number of anilines is 1. The van der Waals surface area contributed by atoms with Crippen LogP contribution < -0.4 is 5.73 Å². The molecule has 0 bridgehead atoms. The Balaban J connectivity index is 1.84. The van der Waals surface area contributed by atoms with Gasteiger partial charge in [0.25, 0.3) is 5.91 Å². The molecule has 4 rings (SSSR count). The molecule has 5 nitrogen and oxygen atoms in total. The number of carbonyl (C=O) groups excluding carboxylic acids is 1. The molecule has 4 aromatic rings. The number of para-hydroxylation sites is 1. The largest absolute Gasteiger partial charge is 0.383 e. The predicted octanol–water partition coefficient (Wildman–Crippen LogP) is 3.61. The number of nitrogen functional groups attached to an aromatic ring is 1. The van der Waals surface area contributed by atoms with E-state index < -0.39 is 0 Å². The van der Waals surface area contributed by atoms with Crippen molar-refractivity contribution < 1.29 is 4.79 Å². The van der Waals surface area contributed by atoms with Crippen molar-refractivity contribution in [2.24, 2.45) is 0 Å². The van der Waals surface area contributed by atoms with Crippen LogP contribution in [0.3, 0.4) is 0 Å². The number of aryl methyl sites for hydroxylation is 1. The Kier molecular flexibility index (Phi) is 3.20. The van der Waals surface area contributed by atoms with Gasteiger partial charge in [-0.1, -0.05) is 48.5 Å². The predicted molar refractivity (Wildman–Crippen MR) is 94.8 cm³/mol. The van der Waals surface area contributed by atoms with Crippen molar-refractivity contribution >= 4 is 22.6 Å². The molecule has 0 saturated heterocycles. The van der Waals surface area contributed by atoms with Crippen molar-refractivity contribution in [2.45, 2.75) is 6.92 Å². The normalized spacial score (nSPS) is 11.0. The minimum absolute atomic E-state index is 0.241. The van der Waals surface area contributed by atoms with E-state index >= 15 is 0 Å². The summed E-state index contributed by atoms with van der Waals surface area (Å²) in [4.78, 5) is 16.0. The molecule has 5 heteroatoms. The van der Waals surface area contributed by atoms with Crippen LogP contribution in [0.5, 0.6) is 0 Å². The second kappa shape index (κ2) is 5.38. The van der Waals surface area contributed by atoms with Crippen LogP contribution in [0.2, 0.25) is 0 Å². The Morgan fingerprint density at radius 3 is 2.58 bits per heavy atom. The molecule has 118 valence electrons. The number of hydrogen-bond donors (Lipinski definition) is 2. The standard InChI is InChI=1S/C19H16N4O/c1-12-17(13-7-3-2-4-8-13)18(20)23(22-12)19(24)15-11-21-16-10-6-5-9-14(15)16/h2-11,21H,20H2,1H3. The Morgan fingerprint density at radius 2 is 1.79 bits per heavy atom. The van der Waals surface area contributed by atoms with E-state index in [-0.39, 0.29) is 5.91 Å². The monoisotopic (exact) mass is 316 g/mol. The SMILES string of the molecule is Cc1nn(C(=O)c2c[nH]c3ccccc23)c(N)c1-c1ccccc1. The number of H-pyrrole nitrogens is 1. The second-order valence-electron chi connectivity index (χ2n) is 5.68. The van der Waals surface area contributed by atoms with Gasteiger partial charge >= 0.3 is 0 Å². The van der Waals surface area contributed by atoms with E-state index in [0.29, 0.717) is 11.4 Å². The van der Waals surface area contributed by atoms with Crippen molar-refractivity contribution in [1.82, 2.24) is 14.8 Å². The van der Waals surface area contributed by atoms with E-state index in [4.69, 9.17) is 5.73 Å². The zero-order chi connectivity index (χ0) is 16.7. The van der Waals surface area contributed by atoms with Crippen molar-refractivity contribution in [3.05, 3.63) is 72.1 Å². The van der Waals surface area contributed by atoms with Gasteiger partial charge in [-0.25, -0.2) is 0 Å². The Morgan fingerprint density at radius 1 is 1.08 bits per heavy atom. The van der Waals surface area contributed by atoms with Crippen LogP contribution in [0.25, 0.3) is 22.0 Å². The first-order valence-corrected chi connectivity index (χ1v) is 7.68. The van der Waals surface area contributed by atoms with Gasteiger partial charge in [0, 0.05) is 22.7 Å². The molecular weight excluding hydrogens is 300 g/mol. The summed E-state index contributed by atoms with van der Waals surface area (Å²) < 4.78 is 1.28. The lowest BCUT2D eigenvalue weighted by atomic mass is 10.1. The van der Waals surface area contributed by atoms with E-state index in [2.05, 4.69) is 10.1 Å². The fraction of sp³-hybridized carbons (Fsp3) is 0.0526. The lowest BCUT2D eigenvalue weighted by molar-refractivity contribution is 0.0949. The number of carbonyl (C=O) groups is 1. The van der Waals surface area contributed by atoms with Crippen LogP contribution in [0.4, 0.5) is 5.82 Å². The number of rotatable bonds is 2. The lowest BCUT2D eigenvalue weighted by Gasteiger charge is -2.04. The van der Waals surface area contributed by atoms with Gasteiger partial charge in [0.1, 0.15) is 5.82 Å². The summed E-state index contributed by atoms with van der Waals surface area (Å²) in [5.74, 6) is 0.115. The molecule has 0 fully saturated rings. The Labute approximate surface area is 138 Å². The fourth-order valence-corrected chi connectivity index (χ4v) is 3.02. The first-order valence-electron chi connectivity index (χ1n) is 7.68. The summed E-state index contributed by atoms with van der Waals surface area (Å²) >= 11 is 0. The number of hydrogen-bond acceptors (Lipinski definition) is 3. The van der Waals surface area contributed by atoms with Gasteiger partial charge in [0.2, 0.25) is 0 Å². The zero-order valence-corrected chi connectivity index (χ0v) is 13.2. The maximum Gasteiger partial charge on any atom is 0.282 e. The van der Waals surface area contributed by atoms with E-state index in [9.17, 15) is 4.79 Å². The molecule has 0 spiro atoms. The van der Waals surface area contributed by atoms with Crippen LogP contribution in [0, 0.1) is 6.92 Å². The number of benzene rings is 2. The molecule has 0 saturated carbocycles. The number of nitrogens with two attached hydrogens (primary N) is 1. The fourth-order valence-electron chi connectivity index (χ4n) is 3.02. The molecule has 0 aliphatic rings. The maximum absolute atomic E-state index is 12.9. The average molecular weight is 316 g/mol. The summed E-state index contributed by atoms with van der Waals surface area (Å²) in [5, 5.41) is 5.24. The lowest BCUT2D eigenvalue weighted by Crippen LogP contribution is -2.16. The molecule has 24 heavy (non-hydrogen) atoms. The summed E-state index contributed by atoms with van der Waals surface area (Å²) in [6.07, 6.45) is 1.70. The topological polar surface area (TPSA) is 76.7 Å². The molecule has 0 aliphatic heterocycles. The number of nitrogens with one attached hydrogen (secondary N) is 1. The quantitative estimate of drug-likeness (QED) is 0.593. The third kappa shape index (κ3) is 2.10. The maximum atomic E-state index is 12.9. The number of aromatic nitrogens is 3. The Hall–Kier alpha value is -3.34. The highest BCUT2D eigenvalue weighted by atomic mass is 16.2. The molecule has 3 N–H and O–H groups in total. The van der Waals surface area contributed by atoms with Gasteiger partial charge in [0.15, 0.2) is 0 Å². The number of nitrogens with zero attached hydrogens (tertiary/aromatic N) is 2. The molecule has 0 unspecified atom stereocenters. The van der Waals surface area contributed by atoms with E-state index in [1.165, 1.54) is 4.68 Å². The van der Waals surface area contributed by atoms with Crippen LogP contribution in [-0.2, 0) is 0 Å². The molecule has 2 aromatic carbocycles. The highest BCUT2D eigenvalue weighted by Crippen LogP contribution is 2.30. The molecule has 0 aliphatic carbocycles. The van der Waals surface area contributed by atoms with Gasteiger partial charge in [-0.15, -0.1) is 0 Å². The van der Waals surface area contributed by atoms with Gasteiger partial charge in [-0.3, -0.25) is 4.79 Å². The van der Waals surface area contributed by atoms with E-state index in [1.807, 2.05) is 61.5 Å². The van der Waals surface area contributed by atoms with Crippen molar-refractivity contribution in [3.63, 3.8) is 0 Å². The molecule has 0 atom stereocenters. The zero-order valence-electron chi connectivity index (χ0n) is 13.2. The summed E-state index contributed by atoms with van der Waals surface area (Å²) in [7, 11) is 0. The van der Waals surface area contributed by atoms with Crippen LogP contribution in [0.1, 0.15) is 16.1 Å². The highest BCUT2D eigenvalue weighted by molar-refractivity contribution is 6.08. The first-order chi connectivity index (χ1) is 11.7. The Bertz CT molecular complexity index is 1040. The molecular formula is C19H16N4O. The van der Waals surface area contributed by atoms with Gasteiger partial charge in [-0.05, 0) is 18.6 Å². The van der Waals surface area contributed by atoms with E-state index in [1.54, 1.807) is 6.20 Å². The summed E-state index contributed by atoms with van der Waals surface area (Å²) in [6, 6.07) is 17.4. The van der Waals surface area contributed by atoms with Crippen LogP contribution in [-0.4, -0.2) is 20.7 Å².